The summed E-state index contributed by atoms with van der Waals surface area (Å²) >= 11 is 11.5. The third-order valence-corrected chi connectivity index (χ3v) is 7.01. The molecule has 1 rings (SSSR count). The molecule has 0 aliphatic carbocycles. The van der Waals surface area contributed by atoms with Gasteiger partial charge in [0.15, 0.2) is 0 Å². The van der Waals surface area contributed by atoms with E-state index in [9.17, 15) is 9.90 Å². The number of phenolic OH excluding ortho intramolecular Hbond substituents is 1. The van der Waals surface area contributed by atoms with Crippen LogP contribution in [0.4, 0.5) is 0 Å². The summed E-state index contributed by atoms with van der Waals surface area (Å²) in [6.45, 7) is 13.0. The quantitative estimate of drug-likeness (QED) is 0.197. The topological polar surface area (TPSA) is 57.5 Å². The maximum absolute atomic E-state index is 10.9. The number of unbranched alkanes of at least 4 members (excludes halogenated alkanes) is 9. The molecule has 3 nitrogen and oxygen atoms in total. The van der Waals surface area contributed by atoms with Crippen LogP contribution in [0.1, 0.15) is 129 Å². The lowest BCUT2D eigenvalue weighted by atomic mass is 9.78. The number of phenols is 1. The Labute approximate surface area is 212 Å². The van der Waals surface area contributed by atoms with Crippen molar-refractivity contribution in [2.24, 2.45) is 0 Å². The fourth-order valence-electron chi connectivity index (χ4n) is 4.18. The molecule has 0 bridgehead atoms. The molecule has 1 aromatic carbocycles. The summed E-state index contributed by atoms with van der Waals surface area (Å²) in [5.74, 6) is -0.689. The molecule has 0 aliphatic heterocycles. The van der Waals surface area contributed by atoms with Crippen molar-refractivity contribution in [3.05, 3.63) is 28.8 Å². The van der Waals surface area contributed by atoms with E-state index in [1.165, 1.54) is 50.5 Å². The second kappa shape index (κ2) is 13.2. The number of hydrogen-bond donors (Lipinski definition) is 2. The van der Waals surface area contributed by atoms with Crippen LogP contribution in [0.3, 0.4) is 0 Å². The minimum absolute atomic E-state index is 0.0760. The number of aryl methyl sites for hydroxylation is 1. The Bertz CT molecular complexity index is 707. The third kappa shape index (κ3) is 10.9. The highest BCUT2D eigenvalue weighted by atomic mass is 35.5. The first-order chi connectivity index (χ1) is 15.2. The predicted molar refractivity (Wildman–Crippen MR) is 142 cm³/mol. The fraction of sp³-hybridized carbons (Fsp3) is 0.750. The Kier molecular flexibility index (Phi) is 12.1. The number of carbonyl (C=O) groups is 1. The number of hydrogen-bond acceptors (Lipinski definition) is 2. The molecule has 0 fully saturated rings. The summed E-state index contributed by atoms with van der Waals surface area (Å²) in [6.07, 6.45) is 12.8. The number of aromatic hydroxyl groups is 1. The zero-order valence-electron chi connectivity index (χ0n) is 21.7. The minimum Gasteiger partial charge on any atom is -0.507 e. The number of rotatable bonds is 14. The molecule has 0 unspecified atom stereocenters. The van der Waals surface area contributed by atoms with Gasteiger partial charge in [-0.1, -0.05) is 128 Å². The second-order valence-corrected chi connectivity index (χ2v) is 13.1. The molecule has 5 heteroatoms. The maximum atomic E-state index is 10.9. The number of benzene rings is 1. The maximum Gasteiger partial charge on any atom is 0.340 e. The molecule has 0 saturated heterocycles. The van der Waals surface area contributed by atoms with Crippen LogP contribution in [-0.2, 0) is 22.0 Å². The molecule has 2 N–H and O–H groups in total. The molecule has 0 atom stereocenters. The second-order valence-electron chi connectivity index (χ2n) is 11.6. The zero-order chi connectivity index (χ0) is 25.3. The van der Waals surface area contributed by atoms with Crippen molar-refractivity contribution < 1.29 is 15.0 Å². The predicted octanol–water partition coefficient (Wildman–Crippen LogP) is 9.08. The largest absolute Gasteiger partial charge is 0.507 e. The highest BCUT2D eigenvalue weighted by molar-refractivity contribution is 6.57. The Morgan fingerprint density at radius 2 is 1.09 bits per heavy atom. The average Bonchev–Trinajstić information content (AvgIpc) is 2.67. The highest BCUT2D eigenvalue weighted by Crippen LogP contribution is 2.40. The molecule has 0 spiro atoms. The molecule has 0 aromatic heterocycles. The Balaban J connectivity index is 2.29. The van der Waals surface area contributed by atoms with E-state index in [-0.39, 0.29) is 10.8 Å². The van der Waals surface area contributed by atoms with Crippen LogP contribution in [0.25, 0.3) is 0 Å². The summed E-state index contributed by atoms with van der Waals surface area (Å²) in [7, 11) is 0. The minimum atomic E-state index is -1.64. The van der Waals surface area contributed by atoms with E-state index in [2.05, 4.69) is 53.7 Å². The molecule has 33 heavy (non-hydrogen) atoms. The van der Waals surface area contributed by atoms with Gasteiger partial charge in [-0.3, -0.25) is 0 Å². The number of halogens is 2. The number of carboxylic acids is 1. The first-order valence-corrected chi connectivity index (χ1v) is 13.4. The smallest absolute Gasteiger partial charge is 0.340 e. The third-order valence-electron chi connectivity index (χ3n) is 6.30. The van der Waals surface area contributed by atoms with E-state index in [0.717, 1.165) is 36.8 Å². The van der Waals surface area contributed by atoms with Gasteiger partial charge in [-0.2, -0.15) is 0 Å². The summed E-state index contributed by atoms with van der Waals surface area (Å²) in [5, 5.41) is 19.8. The lowest BCUT2D eigenvalue weighted by molar-refractivity contribution is -0.138. The Morgan fingerprint density at radius 3 is 1.45 bits per heavy atom. The van der Waals surface area contributed by atoms with Gasteiger partial charge in [-0.05, 0) is 53.2 Å². The van der Waals surface area contributed by atoms with Gasteiger partial charge in [0.1, 0.15) is 5.75 Å². The van der Waals surface area contributed by atoms with Crippen molar-refractivity contribution >= 4 is 29.2 Å². The Morgan fingerprint density at radius 1 is 0.727 bits per heavy atom. The normalized spacial score (nSPS) is 12.8. The van der Waals surface area contributed by atoms with Gasteiger partial charge in [0, 0.05) is 0 Å². The van der Waals surface area contributed by atoms with E-state index >= 15 is 0 Å². The van der Waals surface area contributed by atoms with Crippen molar-refractivity contribution in [2.45, 2.75) is 134 Å². The molecule has 1 aromatic rings. The van der Waals surface area contributed by atoms with E-state index in [4.69, 9.17) is 28.3 Å². The van der Waals surface area contributed by atoms with Crippen molar-refractivity contribution in [3.8, 4) is 5.75 Å². The lowest BCUT2D eigenvalue weighted by Gasteiger charge is -2.28. The molecule has 190 valence electrons. The summed E-state index contributed by atoms with van der Waals surface area (Å²) in [6, 6.07) is 4.42. The van der Waals surface area contributed by atoms with Crippen LogP contribution < -0.4 is 0 Å². The van der Waals surface area contributed by atoms with E-state index < -0.39 is 10.3 Å². The van der Waals surface area contributed by atoms with Gasteiger partial charge in [-0.25, -0.2) is 4.79 Å². The van der Waals surface area contributed by atoms with Crippen molar-refractivity contribution in [3.63, 3.8) is 0 Å². The summed E-state index contributed by atoms with van der Waals surface area (Å²) in [4.78, 5) is 10.9. The van der Waals surface area contributed by atoms with Crippen LogP contribution in [0.2, 0.25) is 0 Å². The highest BCUT2D eigenvalue weighted by Gasteiger charge is 2.32. The SMILES string of the molecule is CC(C)(C)c1cc(CCCCCCCCCCCCC(Cl)(Cl)C(=O)O)cc(C(C)(C)C)c1O. The fourth-order valence-corrected chi connectivity index (χ4v) is 4.45. The van der Waals surface area contributed by atoms with Gasteiger partial charge >= 0.3 is 5.97 Å². The van der Waals surface area contributed by atoms with E-state index in [0.29, 0.717) is 12.2 Å². The summed E-state index contributed by atoms with van der Waals surface area (Å²) in [5.41, 5.74) is 3.29. The Hall–Kier alpha value is -0.930. The zero-order valence-corrected chi connectivity index (χ0v) is 23.2. The van der Waals surface area contributed by atoms with Crippen LogP contribution in [0.15, 0.2) is 12.1 Å². The van der Waals surface area contributed by atoms with Crippen molar-refractivity contribution in [2.75, 3.05) is 0 Å². The van der Waals surface area contributed by atoms with Gasteiger partial charge < -0.3 is 10.2 Å². The number of aliphatic carboxylic acids is 1. The van der Waals surface area contributed by atoms with Gasteiger partial charge in [0.2, 0.25) is 4.33 Å². The number of carboxylic acid groups (broad SMARTS) is 1. The first-order valence-electron chi connectivity index (χ1n) is 12.6. The molecule has 0 amide bonds. The average molecular weight is 502 g/mol. The monoisotopic (exact) mass is 500 g/mol. The van der Waals surface area contributed by atoms with Crippen LogP contribution in [-0.4, -0.2) is 20.5 Å². The van der Waals surface area contributed by atoms with Gasteiger partial charge in [0.05, 0.1) is 0 Å². The summed E-state index contributed by atoms with van der Waals surface area (Å²) < 4.78 is -1.64. The van der Waals surface area contributed by atoms with E-state index in [1.54, 1.807) is 0 Å². The van der Waals surface area contributed by atoms with E-state index in [1.807, 2.05) is 0 Å². The number of alkyl halides is 2. The molecule has 0 heterocycles. The van der Waals surface area contributed by atoms with Crippen LogP contribution in [0, 0.1) is 0 Å². The van der Waals surface area contributed by atoms with Crippen molar-refractivity contribution in [1.29, 1.82) is 0 Å². The van der Waals surface area contributed by atoms with Crippen LogP contribution in [0.5, 0.6) is 5.75 Å². The first kappa shape index (κ1) is 30.1. The van der Waals surface area contributed by atoms with Crippen molar-refractivity contribution in [1.82, 2.24) is 0 Å². The van der Waals surface area contributed by atoms with Gasteiger partial charge in [-0.15, -0.1) is 0 Å². The standard InChI is InChI=1S/C28H46Cl2O3/c1-26(2,3)22-19-21(20-23(24(22)31)27(4,5)6)17-15-13-11-9-7-8-10-12-14-16-18-28(29,30)25(32)33/h19-20,31H,7-18H2,1-6H3,(H,32,33). The molecular formula is C28H46Cl2O3. The molecule has 0 radical (unpaired) electrons. The molecular weight excluding hydrogens is 455 g/mol. The molecule has 0 aliphatic rings. The van der Waals surface area contributed by atoms with Gasteiger partial charge in [0.25, 0.3) is 0 Å². The van der Waals surface area contributed by atoms with Crippen LogP contribution >= 0.6 is 23.2 Å². The molecule has 0 saturated carbocycles. The lowest BCUT2D eigenvalue weighted by Crippen LogP contribution is -2.25.